The molecule has 1 aromatic carbocycles. The van der Waals surface area contributed by atoms with Gasteiger partial charge in [0.15, 0.2) is 0 Å². The number of nitrogens with two attached hydrogens (primary N) is 1. The SMILES string of the molecule is CCC1(C(N)=O)C=C(C(=O)NC)C(=O)N(Cc2cccc(OC)c2)C1. The maximum absolute atomic E-state index is 12.7. The van der Waals surface area contributed by atoms with Crippen molar-refractivity contribution >= 4 is 17.7 Å². The number of likely N-dealkylation sites (N-methyl/N-ethyl adjacent to an activating group) is 1. The van der Waals surface area contributed by atoms with E-state index in [4.69, 9.17) is 10.5 Å². The Labute approximate surface area is 146 Å². The van der Waals surface area contributed by atoms with Gasteiger partial charge < -0.3 is 20.7 Å². The molecule has 0 saturated carbocycles. The third kappa shape index (κ3) is 3.65. The highest BCUT2D eigenvalue weighted by atomic mass is 16.5. The predicted molar refractivity (Wildman–Crippen MR) is 92.5 cm³/mol. The minimum atomic E-state index is -1.06. The first-order valence-electron chi connectivity index (χ1n) is 8.04. The zero-order valence-corrected chi connectivity index (χ0v) is 14.7. The van der Waals surface area contributed by atoms with Crippen molar-refractivity contribution in [2.45, 2.75) is 19.9 Å². The fraction of sp³-hybridized carbons (Fsp3) is 0.389. The van der Waals surface area contributed by atoms with E-state index in [-0.39, 0.29) is 18.7 Å². The first-order chi connectivity index (χ1) is 11.9. The predicted octanol–water partition coefficient (Wildman–Crippen LogP) is 0.592. The van der Waals surface area contributed by atoms with E-state index in [0.717, 1.165) is 5.56 Å². The molecule has 1 aliphatic heterocycles. The molecule has 0 spiro atoms. The fourth-order valence-corrected chi connectivity index (χ4v) is 2.92. The van der Waals surface area contributed by atoms with Gasteiger partial charge in [0, 0.05) is 20.1 Å². The van der Waals surface area contributed by atoms with Gasteiger partial charge in [-0.25, -0.2) is 0 Å². The minimum Gasteiger partial charge on any atom is -0.497 e. The Balaban J connectivity index is 2.41. The van der Waals surface area contributed by atoms with Gasteiger partial charge in [0.05, 0.1) is 12.5 Å². The summed E-state index contributed by atoms with van der Waals surface area (Å²) in [6.45, 7) is 2.19. The fourth-order valence-electron chi connectivity index (χ4n) is 2.92. The number of amides is 3. The van der Waals surface area contributed by atoms with Gasteiger partial charge in [-0.3, -0.25) is 14.4 Å². The van der Waals surface area contributed by atoms with Gasteiger partial charge in [-0.2, -0.15) is 0 Å². The molecule has 2 rings (SSSR count). The summed E-state index contributed by atoms with van der Waals surface area (Å²) in [5.41, 5.74) is 5.30. The van der Waals surface area contributed by atoms with Gasteiger partial charge in [0.25, 0.3) is 11.8 Å². The van der Waals surface area contributed by atoms with E-state index in [9.17, 15) is 14.4 Å². The molecule has 1 heterocycles. The normalized spacial score (nSPS) is 20.0. The highest BCUT2D eigenvalue weighted by molar-refractivity contribution is 6.19. The number of hydrogen-bond acceptors (Lipinski definition) is 4. The summed E-state index contributed by atoms with van der Waals surface area (Å²) in [7, 11) is 3.00. The molecule has 3 amide bonds. The van der Waals surface area contributed by atoms with E-state index in [1.54, 1.807) is 13.2 Å². The molecule has 1 aromatic rings. The van der Waals surface area contributed by atoms with Crippen LogP contribution in [-0.4, -0.2) is 43.3 Å². The average molecular weight is 345 g/mol. The molecule has 7 nitrogen and oxygen atoms in total. The van der Waals surface area contributed by atoms with Crippen LogP contribution in [0.1, 0.15) is 18.9 Å². The largest absolute Gasteiger partial charge is 0.497 e. The van der Waals surface area contributed by atoms with Crippen LogP contribution >= 0.6 is 0 Å². The van der Waals surface area contributed by atoms with Gasteiger partial charge in [-0.05, 0) is 30.2 Å². The number of hydrogen-bond donors (Lipinski definition) is 2. The van der Waals surface area contributed by atoms with Gasteiger partial charge in [0.2, 0.25) is 5.91 Å². The van der Waals surface area contributed by atoms with Crippen molar-refractivity contribution in [3.63, 3.8) is 0 Å². The Hall–Kier alpha value is -2.83. The molecule has 1 atom stereocenters. The third-order valence-corrected chi connectivity index (χ3v) is 4.51. The van der Waals surface area contributed by atoms with E-state index < -0.39 is 23.1 Å². The molecular formula is C18H23N3O4. The second-order valence-electron chi connectivity index (χ2n) is 6.02. The van der Waals surface area contributed by atoms with Crippen LogP contribution in [0.5, 0.6) is 5.75 Å². The first-order valence-corrected chi connectivity index (χ1v) is 8.04. The molecule has 1 unspecified atom stereocenters. The van der Waals surface area contributed by atoms with Crippen molar-refractivity contribution < 1.29 is 19.1 Å². The zero-order valence-electron chi connectivity index (χ0n) is 14.7. The molecule has 0 saturated heterocycles. The summed E-state index contributed by atoms with van der Waals surface area (Å²) in [6.07, 6.45) is 1.81. The van der Waals surface area contributed by atoms with Crippen molar-refractivity contribution in [3.8, 4) is 5.75 Å². The van der Waals surface area contributed by atoms with Crippen molar-refractivity contribution in [1.82, 2.24) is 10.2 Å². The number of carbonyl (C=O) groups excluding carboxylic acids is 3. The van der Waals surface area contributed by atoms with E-state index in [1.807, 2.05) is 25.1 Å². The minimum absolute atomic E-state index is 0.0581. The summed E-state index contributed by atoms with van der Waals surface area (Å²) in [6, 6.07) is 7.28. The number of rotatable bonds is 6. The second kappa shape index (κ2) is 7.38. The molecule has 1 aliphatic rings. The van der Waals surface area contributed by atoms with Crippen molar-refractivity contribution in [2.24, 2.45) is 11.1 Å². The summed E-state index contributed by atoms with van der Waals surface area (Å²) in [4.78, 5) is 38.4. The molecule has 0 fully saturated rings. The Kier molecular flexibility index (Phi) is 5.46. The number of carbonyl (C=O) groups is 3. The lowest BCUT2D eigenvalue weighted by molar-refractivity contribution is -0.136. The smallest absolute Gasteiger partial charge is 0.259 e. The lowest BCUT2D eigenvalue weighted by Crippen LogP contribution is -2.52. The number of ether oxygens (including phenoxy) is 1. The third-order valence-electron chi connectivity index (χ3n) is 4.51. The highest BCUT2D eigenvalue weighted by Gasteiger charge is 2.43. The summed E-state index contributed by atoms with van der Waals surface area (Å²) < 4.78 is 5.19. The van der Waals surface area contributed by atoms with Crippen LogP contribution in [0.15, 0.2) is 35.9 Å². The second-order valence-corrected chi connectivity index (χ2v) is 6.02. The number of methoxy groups -OCH3 is 1. The van der Waals surface area contributed by atoms with E-state index in [2.05, 4.69) is 5.32 Å². The van der Waals surface area contributed by atoms with Crippen LogP contribution in [0.25, 0.3) is 0 Å². The molecular weight excluding hydrogens is 322 g/mol. The van der Waals surface area contributed by atoms with Crippen LogP contribution in [-0.2, 0) is 20.9 Å². The van der Waals surface area contributed by atoms with Gasteiger partial charge in [0.1, 0.15) is 11.3 Å². The molecule has 134 valence electrons. The Morgan fingerprint density at radius 1 is 1.40 bits per heavy atom. The summed E-state index contributed by atoms with van der Waals surface area (Å²) in [5, 5.41) is 2.44. The number of nitrogens with zero attached hydrogens (tertiary/aromatic N) is 1. The van der Waals surface area contributed by atoms with Crippen molar-refractivity contribution in [2.75, 3.05) is 20.7 Å². The summed E-state index contributed by atoms with van der Waals surface area (Å²) in [5.74, 6) is -0.841. The van der Waals surface area contributed by atoms with Gasteiger partial charge in [-0.1, -0.05) is 19.1 Å². The van der Waals surface area contributed by atoms with E-state index >= 15 is 0 Å². The zero-order chi connectivity index (χ0) is 18.6. The molecule has 7 heteroatoms. The van der Waals surface area contributed by atoms with E-state index in [1.165, 1.54) is 18.0 Å². The average Bonchev–Trinajstić information content (AvgIpc) is 2.62. The Morgan fingerprint density at radius 3 is 2.68 bits per heavy atom. The maximum atomic E-state index is 12.7. The molecule has 0 radical (unpaired) electrons. The monoisotopic (exact) mass is 345 g/mol. The van der Waals surface area contributed by atoms with Crippen LogP contribution in [0.4, 0.5) is 0 Å². The van der Waals surface area contributed by atoms with Gasteiger partial charge >= 0.3 is 0 Å². The molecule has 0 aliphatic carbocycles. The quantitative estimate of drug-likeness (QED) is 0.737. The van der Waals surface area contributed by atoms with E-state index in [0.29, 0.717) is 12.2 Å². The van der Waals surface area contributed by atoms with Crippen molar-refractivity contribution in [3.05, 3.63) is 41.5 Å². The summed E-state index contributed by atoms with van der Waals surface area (Å²) >= 11 is 0. The molecule has 0 aromatic heterocycles. The van der Waals surface area contributed by atoms with Crippen LogP contribution < -0.4 is 15.8 Å². The Morgan fingerprint density at radius 2 is 2.12 bits per heavy atom. The Bertz CT molecular complexity index is 729. The lowest BCUT2D eigenvalue weighted by Gasteiger charge is -2.38. The topological polar surface area (TPSA) is 102 Å². The first kappa shape index (κ1) is 18.5. The number of benzene rings is 1. The molecule has 3 N–H and O–H groups in total. The van der Waals surface area contributed by atoms with Gasteiger partial charge in [-0.15, -0.1) is 0 Å². The highest BCUT2D eigenvalue weighted by Crippen LogP contribution is 2.32. The molecule has 25 heavy (non-hydrogen) atoms. The number of nitrogens with one attached hydrogen (secondary N) is 1. The van der Waals surface area contributed by atoms with Crippen LogP contribution in [0, 0.1) is 5.41 Å². The van der Waals surface area contributed by atoms with Crippen molar-refractivity contribution in [1.29, 1.82) is 0 Å². The van der Waals surface area contributed by atoms with Crippen LogP contribution in [0.3, 0.4) is 0 Å². The maximum Gasteiger partial charge on any atom is 0.259 e. The standard InChI is InChI=1S/C18H23N3O4/c1-4-18(17(19)24)9-14(15(22)20-2)16(23)21(11-18)10-12-6-5-7-13(8-12)25-3/h5-9H,4,10-11H2,1-3H3,(H2,19,24)(H,20,22). The number of primary amides is 1. The molecule has 0 bridgehead atoms. The lowest BCUT2D eigenvalue weighted by atomic mass is 9.78. The van der Waals surface area contributed by atoms with Crippen LogP contribution in [0.2, 0.25) is 0 Å².